The number of nitrogens with zero attached hydrogens (tertiary/aromatic N) is 4. The first kappa shape index (κ1) is 17.0. The fraction of sp³-hybridized carbons (Fsp3) is 0.263. The van der Waals surface area contributed by atoms with Crippen molar-refractivity contribution in [3.05, 3.63) is 65.4 Å². The van der Waals surface area contributed by atoms with Crippen LogP contribution in [0.1, 0.15) is 35.8 Å². The van der Waals surface area contributed by atoms with Crippen LogP contribution in [0.2, 0.25) is 0 Å². The number of nitrogens with one attached hydrogen (secondary N) is 1. The molecule has 0 radical (unpaired) electrons. The van der Waals surface area contributed by atoms with Gasteiger partial charge in [-0.25, -0.2) is 9.97 Å². The van der Waals surface area contributed by atoms with Crippen LogP contribution < -0.4 is 5.32 Å². The maximum atomic E-state index is 9.69. The van der Waals surface area contributed by atoms with Gasteiger partial charge in [0.25, 0.3) is 0 Å². The number of aliphatic hydroxyl groups excluding tert-OH is 1. The van der Waals surface area contributed by atoms with Crippen molar-refractivity contribution in [2.75, 3.05) is 5.32 Å². The van der Waals surface area contributed by atoms with Crippen molar-refractivity contribution in [2.45, 2.75) is 33.4 Å². The second kappa shape index (κ2) is 7.36. The third-order valence-corrected chi connectivity index (χ3v) is 3.85. The molecule has 1 atom stereocenters. The molecule has 2 N–H and O–H groups in total. The lowest BCUT2D eigenvalue weighted by Gasteiger charge is -2.11. The summed E-state index contributed by atoms with van der Waals surface area (Å²) in [6.07, 6.45) is 1.23. The van der Waals surface area contributed by atoms with E-state index in [4.69, 9.17) is 0 Å². The molecule has 1 unspecified atom stereocenters. The van der Waals surface area contributed by atoms with Crippen molar-refractivity contribution in [1.29, 1.82) is 0 Å². The fourth-order valence-electron chi connectivity index (χ4n) is 2.65. The minimum Gasteiger partial charge on any atom is -0.389 e. The summed E-state index contributed by atoms with van der Waals surface area (Å²) in [5, 5.41) is 13.0. The smallest absolute Gasteiger partial charge is 0.130 e. The predicted octanol–water partition coefficient (Wildman–Crippen LogP) is 3.22. The van der Waals surface area contributed by atoms with Crippen LogP contribution in [0.25, 0.3) is 11.4 Å². The summed E-state index contributed by atoms with van der Waals surface area (Å²) in [5.74, 6) is 1.41. The minimum atomic E-state index is -0.514. The summed E-state index contributed by atoms with van der Waals surface area (Å²) in [6, 6.07) is 11.4. The van der Waals surface area contributed by atoms with Crippen LogP contribution in [0, 0.1) is 13.8 Å². The first-order valence-electron chi connectivity index (χ1n) is 8.18. The predicted molar refractivity (Wildman–Crippen MR) is 96.9 cm³/mol. The van der Waals surface area contributed by atoms with Crippen molar-refractivity contribution >= 4 is 5.82 Å². The van der Waals surface area contributed by atoms with Crippen LogP contribution in [0.15, 0.2) is 42.6 Å². The molecule has 0 aliphatic carbocycles. The highest BCUT2D eigenvalue weighted by molar-refractivity contribution is 5.58. The van der Waals surface area contributed by atoms with E-state index in [1.807, 2.05) is 50.2 Å². The molecule has 0 aromatic carbocycles. The molecule has 0 bridgehead atoms. The number of aromatic nitrogens is 4. The van der Waals surface area contributed by atoms with E-state index in [-0.39, 0.29) is 0 Å². The lowest BCUT2D eigenvalue weighted by molar-refractivity contribution is 0.198. The van der Waals surface area contributed by atoms with E-state index < -0.39 is 6.10 Å². The molecule has 0 fully saturated rings. The van der Waals surface area contributed by atoms with Crippen LogP contribution >= 0.6 is 0 Å². The molecule has 0 amide bonds. The van der Waals surface area contributed by atoms with Gasteiger partial charge in [0.2, 0.25) is 0 Å². The number of aryl methyl sites for hydroxylation is 2. The topological polar surface area (TPSA) is 83.8 Å². The molecule has 0 aliphatic heterocycles. The molecular formula is C19H21N5O. The normalized spacial score (nSPS) is 12.0. The molecule has 3 rings (SSSR count). The van der Waals surface area contributed by atoms with Crippen molar-refractivity contribution < 1.29 is 5.11 Å². The van der Waals surface area contributed by atoms with E-state index in [1.165, 1.54) is 0 Å². The average Bonchev–Trinajstić information content (AvgIpc) is 2.60. The number of rotatable bonds is 5. The Morgan fingerprint density at radius 1 is 1.04 bits per heavy atom. The van der Waals surface area contributed by atoms with Crippen molar-refractivity contribution in [1.82, 2.24) is 19.9 Å². The Kier molecular flexibility index (Phi) is 5.00. The summed E-state index contributed by atoms with van der Waals surface area (Å²) in [7, 11) is 0. The molecule has 25 heavy (non-hydrogen) atoms. The monoisotopic (exact) mass is 335 g/mol. The first-order valence-corrected chi connectivity index (χ1v) is 8.18. The van der Waals surface area contributed by atoms with Crippen molar-refractivity contribution in [3.8, 4) is 11.4 Å². The molecule has 0 spiro atoms. The molecule has 6 nitrogen and oxygen atoms in total. The van der Waals surface area contributed by atoms with E-state index in [1.54, 1.807) is 13.1 Å². The molecule has 3 aromatic heterocycles. The summed E-state index contributed by atoms with van der Waals surface area (Å²) < 4.78 is 0. The van der Waals surface area contributed by atoms with Gasteiger partial charge in [0.05, 0.1) is 29.7 Å². The Morgan fingerprint density at radius 2 is 1.88 bits per heavy atom. The molecule has 3 heterocycles. The Bertz CT molecular complexity index is 865. The number of hydrogen-bond acceptors (Lipinski definition) is 6. The Balaban J connectivity index is 1.78. The Morgan fingerprint density at radius 3 is 2.56 bits per heavy atom. The molecule has 0 aliphatic rings. The third kappa shape index (κ3) is 4.16. The maximum Gasteiger partial charge on any atom is 0.130 e. The molecule has 6 heteroatoms. The van der Waals surface area contributed by atoms with Crippen LogP contribution in [0.5, 0.6) is 0 Å². The van der Waals surface area contributed by atoms with E-state index in [0.29, 0.717) is 12.4 Å². The van der Waals surface area contributed by atoms with Gasteiger partial charge in [-0.1, -0.05) is 12.1 Å². The quantitative estimate of drug-likeness (QED) is 0.745. The summed E-state index contributed by atoms with van der Waals surface area (Å²) in [4.78, 5) is 17.7. The largest absolute Gasteiger partial charge is 0.389 e. The summed E-state index contributed by atoms with van der Waals surface area (Å²) >= 11 is 0. The van der Waals surface area contributed by atoms with Crippen LogP contribution in [0.4, 0.5) is 5.82 Å². The highest BCUT2D eigenvalue weighted by Crippen LogP contribution is 2.19. The molecule has 3 aromatic rings. The Hall–Kier alpha value is -2.86. The number of anilines is 1. The first-order chi connectivity index (χ1) is 12.0. The van der Waals surface area contributed by atoms with Gasteiger partial charge in [-0.05, 0) is 39.0 Å². The van der Waals surface area contributed by atoms with E-state index in [9.17, 15) is 5.11 Å². The number of hydrogen-bond donors (Lipinski definition) is 2. The van der Waals surface area contributed by atoms with Crippen LogP contribution in [-0.4, -0.2) is 25.0 Å². The zero-order valence-electron chi connectivity index (χ0n) is 14.6. The lowest BCUT2D eigenvalue weighted by Crippen LogP contribution is -2.07. The maximum absolute atomic E-state index is 9.69. The fourth-order valence-corrected chi connectivity index (χ4v) is 2.65. The second-order valence-corrected chi connectivity index (χ2v) is 5.91. The van der Waals surface area contributed by atoms with Crippen molar-refractivity contribution in [2.24, 2.45) is 0 Å². The van der Waals surface area contributed by atoms with Gasteiger partial charge in [-0.15, -0.1) is 0 Å². The summed E-state index contributed by atoms with van der Waals surface area (Å²) in [5.41, 5.74) is 4.16. The third-order valence-electron chi connectivity index (χ3n) is 3.85. The van der Waals surface area contributed by atoms with Gasteiger partial charge < -0.3 is 10.4 Å². The second-order valence-electron chi connectivity index (χ2n) is 5.91. The van der Waals surface area contributed by atoms with Gasteiger partial charge in [0.1, 0.15) is 11.6 Å². The van der Waals surface area contributed by atoms with Gasteiger partial charge in [0.15, 0.2) is 0 Å². The SMILES string of the molecule is Cc1nc(NCc2ccc(C(C)O)c(C)n2)cc(-c2ccccn2)n1. The molecule has 0 saturated heterocycles. The number of pyridine rings is 2. The zero-order valence-corrected chi connectivity index (χ0v) is 14.6. The summed E-state index contributed by atoms with van der Waals surface area (Å²) in [6.45, 7) is 6.04. The minimum absolute atomic E-state index is 0.514. The highest BCUT2D eigenvalue weighted by Gasteiger charge is 2.08. The van der Waals surface area contributed by atoms with Crippen LogP contribution in [0.3, 0.4) is 0 Å². The Labute approximate surface area is 147 Å². The zero-order chi connectivity index (χ0) is 17.8. The highest BCUT2D eigenvalue weighted by atomic mass is 16.3. The molecular weight excluding hydrogens is 314 g/mol. The molecule has 128 valence electrons. The standard InChI is InChI=1S/C19H21N5O/c1-12-16(13(2)25)8-7-15(22-12)11-21-19-10-18(23-14(3)24-19)17-6-4-5-9-20-17/h4-10,13,25H,11H2,1-3H3,(H,21,23,24). The van der Waals surface area contributed by atoms with Gasteiger partial charge in [-0.2, -0.15) is 0 Å². The van der Waals surface area contributed by atoms with Crippen LogP contribution in [-0.2, 0) is 6.54 Å². The van der Waals surface area contributed by atoms with Gasteiger partial charge in [-0.3, -0.25) is 9.97 Å². The van der Waals surface area contributed by atoms with E-state index in [2.05, 4.69) is 25.3 Å². The molecule has 0 saturated carbocycles. The van der Waals surface area contributed by atoms with Gasteiger partial charge >= 0.3 is 0 Å². The number of aliphatic hydroxyl groups is 1. The van der Waals surface area contributed by atoms with E-state index >= 15 is 0 Å². The van der Waals surface area contributed by atoms with E-state index in [0.717, 1.165) is 34.2 Å². The average molecular weight is 335 g/mol. The van der Waals surface area contributed by atoms with Crippen molar-refractivity contribution in [3.63, 3.8) is 0 Å². The van der Waals surface area contributed by atoms with Gasteiger partial charge in [0, 0.05) is 23.5 Å². The lowest BCUT2D eigenvalue weighted by atomic mass is 10.1.